The summed E-state index contributed by atoms with van der Waals surface area (Å²) in [4.78, 5) is 17.0. The van der Waals surface area contributed by atoms with Crippen molar-refractivity contribution in [2.45, 2.75) is 38.5 Å². The molecule has 0 bridgehead atoms. The molecule has 2 aromatic heterocycles. The first kappa shape index (κ1) is 25.4. The zero-order chi connectivity index (χ0) is 24.9. The van der Waals surface area contributed by atoms with Gasteiger partial charge in [0.25, 0.3) is 0 Å². The van der Waals surface area contributed by atoms with Crippen LogP contribution in [0.25, 0.3) is 11.3 Å². The second-order valence-corrected chi connectivity index (χ2v) is 11.0. The number of aryl methyl sites for hydroxylation is 1. The fourth-order valence-corrected chi connectivity index (χ4v) is 5.08. The lowest BCUT2D eigenvalue weighted by atomic mass is 10.0. The number of aromatic nitrogens is 4. The van der Waals surface area contributed by atoms with Gasteiger partial charge in [-0.15, -0.1) is 21.5 Å². The Morgan fingerprint density at radius 3 is 2.71 bits per heavy atom. The number of carbonyl (C=O) groups is 1. The van der Waals surface area contributed by atoms with Gasteiger partial charge in [0.1, 0.15) is 12.4 Å². The lowest BCUT2D eigenvalue weighted by Gasteiger charge is -2.14. The van der Waals surface area contributed by atoms with Gasteiger partial charge in [-0.1, -0.05) is 65.8 Å². The maximum atomic E-state index is 12.5. The summed E-state index contributed by atoms with van der Waals surface area (Å²) in [6.45, 7) is 6.64. The third-order valence-electron chi connectivity index (χ3n) is 5.30. The molecule has 4 aromatic rings. The van der Waals surface area contributed by atoms with Crippen LogP contribution in [0.1, 0.15) is 36.7 Å². The van der Waals surface area contributed by atoms with Crippen molar-refractivity contribution in [1.82, 2.24) is 19.7 Å². The highest BCUT2D eigenvalue weighted by atomic mass is 79.9. The minimum absolute atomic E-state index is 0.145. The summed E-state index contributed by atoms with van der Waals surface area (Å²) in [6, 6.07) is 14.2. The van der Waals surface area contributed by atoms with Crippen LogP contribution in [-0.2, 0) is 18.4 Å². The highest BCUT2D eigenvalue weighted by Crippen LogP contribution is 2.29. The third-order valence-corrected chi connectivity index (χ3v) is 7.60. The number of carbonyl (C=O) groups excluding carboxylic acids is 1. The van der Waals surface area contributed by atoms with Gasteiger partial charge < -0.3 is 14.6 Å². The Kier molecular flexibility index (Phi) is 8.25. The van der Waals surface area contributed by atoms with Crippen molar-refractivity contribution in [3.8, 4) is 17.0 Å². The predicted octanol–water partition coefficient (Wildman–Crippen LogP) is 6.44. The number of nitrogens with zero attached hydrogens (tertiary/aromatic N) is 4. The molecular formula is C25H26BrN5O2S2. The van der Waals surface area contributed by atoms with E-state index < -0.39 is 0 Å². The van der Waals surface area contributed by atoms with E-state index in [9.17, 15) is 4.79 Å². The molecule has 1 N–H and O–H groups in total. The van der Waals surface area contributed by atoms with Crippen molar-refractivity contribution in [3.63, 3.8) is 0 Å². The van der Waals surface area contributed by atoms with E-state index in [1.807, 2.05) is 54.3 Å². The quantitative estimate of drug-likeness (QED) is 0.233. The smallest absolute Gasteiger partial charge is 0.236 e. The van der Waals surface area contributed by atoms with Gasteiger partial charge in [-0.3, -0.25) is 4.79 Å². The number of nitrogens with one attached hydrogen (secondary N) is 1. The van der Waals surface area contributed by atoms with Gasteiger partial charge in [-0.25, -0.2) is 4.98 Å². The summed E-state index contributed by atoms with van der Waals surface area (Å²) in [5.74, 6) is 1.98. The van der Waals surface area contributed by atoms with Crippen molar-refractivity contribution in [3.05, 3.63) is 69.3 Å². The number of hydrogen-bond acceptors (Lipinski definition) is 7. The summed E-state index contributed by atoms with van der Waals surface area (Å²) < 4.78 is 8.96. The van der Waals surface area contributed by atoms with Crippen LogP contribution in [0.4, 0.5) is 5.13 Å². The summed E-state index contributed by atoms with van der Waals surface area (Å²) in [6.07, 6.45) is 0. The fraction of sp³-hybridized carbons (Fsp3) is 0.280. The fourth-order valence-electron chi connectivity index (χ4n) is 3.35. The molecule has 1 amide bonds. The van der Waals surface area contributed by atoms with Crippen LogP contribution < -0.4 is 10.1 Å². The predicted molar refractivity (Wildman–Crippen MR) is 145 cm³/mol. The molecule has 0 spiro atoms. The van der Waals surface area contributed by atoms with Crippen molar-refractivity contribution >= 4 is 50.1 Å². The van der Waals surface area contributed by atoms with E-state index in [2.05, 4.69) is 62.4 Å². The first-order valence-corrected chi connectivity index (χ1v) is 13.7. The van der Waals surface area contributed by atoms with E-state index in [-0.39, 0.29) is 11.7 Å². The molecule has 0 saturated carbocycles. The second kappa shape index (κ2) is 11.4. The lowest BCUT2D eigenvalue weighted by Crippen LogP contribution is -2.14. The highest BCUT2D eigenvalue weighted by Gasteiger charge is 2.15. The largest absolute Gasteiger partial charge is 0.485 e. The van der Waals surface area contributed by atoms with Crippen molar-refractivity contribution in [1.29, 1.82) is 0 Å². The molecule has 0 aliphatic carbocycles. The molecule has 7 nitrogen and oxygen atoms in total. The zero-order valence-electron chi connectivity index (χ0n) is 19.9. The van der Waals surface area contributed by atoms with Crippen LogP contribution in [0.5, 0.6) is 5.75 Å². The van der Waals surface area contributed by atoms with Gasteiger partial charge in [0.05, 0.1) is 11.4 Å². The van der Waals surface area contributed by atoms with Crippen LogP contribution in [-0.4, -0.2) is 31.4 Å². The Morgan fingerprint density at radius 2 is 1.97 bits per heavy atom. The molecule has 0 aliphatic rings. The molecule has 182 valence electrons. The number of benzene rings is 2. The normalized spacial score (nSPS) is 11.1. The van der Waals surface area contributed by atoms with Crippen molar-refractivity contribution < 1.29 is 9.53 Å². The molecule has 35 heavy (non-hydrogen) atoms. The molecule has 2 heterocycles. The van der Waals surface area contributed by atoms with E-state index in [0.29, 0.717) is 28.6 Å². The SMILES string of the molecule is Cc1ccc(C(C)C)c(OCc2nnc(SCC(=O)Nc3nc(-c4ccc(Br)cc4)cs3)n2C)c1. The molecule has 0 aliphatic heterocycles. The van der Waals surface area contributed by atoms with E-state index in [4.69, 9.17) is 4.74 Å². The topological polar surface area (TPSA) is 81.9 Å². The lowest BCUT2D eigenvalue weighted by molar-refractivity contribution is -0.113. The number of rotatable bonds is 9. The van der Waals surface area contributed by atoms with Crippen molar-refractivity contribution in [2.75, 3.05) is 11.1 Å². The van der Waals surface area contributed by atoms with Gasteiger partial charge in [-0.05, 0) is 42.2 Å². The first-order chi connectivity index (χ1) is 16.8. The van der Waals surface area contributed by atoms with Crippen LogP contribution in [0.3, 0.4) is 0 Å². The minimum Gasteiger partial charge on any atom is -0.485 e. The monoisotopic (exact) mass is 571 g/mol. The Hall–Kier alpha value is -2.69. The van der Waals surface area contributed by atoms with Gasteiger partial charge in [0.2, 0.25) is 5.91 Å². The Bertz CT molecular complexity index is 1320. The van der Waals surface area contributed by atoms with E-state index in [1.165, 1.54) is 23.1 Å². The summed E-state index contributed by atoms with van der Waals surface area (Å²) in [7, 11) is 1.88. The molecule has 0 radical (unpaired) electrons. The highest BCUT2D eigenvalue weighted by molar-refractivity contribution is 9.10. The molecular weight excluding hydrogens is 546 g/mol. The second-order valence-electron chi connectivity index (χ2n) is 8.32. The number of anilines is 1. The molecule has 0 fully saturated rings. The number of thiazole rings is 1. The van der Waals surface area contributed by atoms with E-state index in [0.717, 1.165) is 32.6 Å². The minimum atomic E-state index is -0.145. The van der Waals surface area contributed by atoms with Gasteiger partial charge in [0.15, 0.2) is 16.1 Å². The summed E-state index contributed by atoms with van der Waals surface area (Å²) in [5, 5.41) is 14.5. The molecule has 0 saturated heterocycles. The standard InChI is InChI=1S/C25H26BrN5O2S2/c1-15(2)19-10-5-16(3)11-21(19)33-12-22-29-30-25(31(22)4)35-14-23(32)28-24-27-20(13-34-24)17-6-8-18(26)9-7-17/h5-11,13,15H,12,14H2,1-4H3,(H,27,28,32). The average molecular weight is 573 g/mol. The van der Waals surface area contributed by atoms with Crippen LogP contribution in [0.15, 0.2) is 57.5 Å². The third kappa shape index (κ3) is 6.50. The summed E-state index contributed by atoms with van der Waals surface area (Å²) in [5.41, 5.74) is 4.14. The Labute approximate surface area is 221 Å². The number of halogens is 1. The van der Waals surface area contributed by atoms with Gasteiger partial charge in [-0.2, -0.15) is 0 Å². The van der Waals surface area contributed by atoms with Gasteiger partial charge in [0, 0.05) is 22.5 Å². The number of amides is 1. The first-order valence-electron chi connectivity index (χ1n) is 11.1. The number of hydrogen-bond donors (Lipinski definition) is 1. The molecule has 2 aromatic carbocycles. The average Bonchev–Trinajstić information content (AvgIpc) is 3.43. The molecule has 10 heteroatoms. The zero-order valence-corrected chi connectivity index (χ0v) is 23.1. The maximum Gasteiger partial charge on any atom is 0.236 e. The Balaban J connectivity index is 1.32. The van der Waals surface area contributed by atoms with Crippen LogP contribution in [0, 0.1) is 6.92 Å². The number of thioether (sulfide) groups is 1. The molecule has 0 unspecified atom stereocenters. The number of ether oxygens (including phenoxy) is 1. The van der Waals surface area contributed by atoms with Crippen molar-refractivity contribution in [2.24, 2.45) is 7.05 Å². The molecule has 0 atom stereocenters. The van der Waals surface area contributed by atoms with E-state index in [1.54, 1.807) is 0 Å². The van der Waals surface area contributed by atoms with E-state index >= 15 is 0 Å². The Morgan fingerprint density at radius 1 is 1.20 bits per heavy atom. The maximum absolute atomic E-state index is 12.5. The van der Waals surface area contributed by atoms with Crippen LogP contribution in [0.2, 0.25) is 0 Å². The van der Waals surface area contributed by atoms with Gasteiger partial charge >= 0.3 is 0 Å². The molecule has 4 rings (SSSR count). The summed E-state index contributed by atoms with van der Waals surface area (Å²) >= 11 is 6.16. The van der Waals surface area contributed by atoms with Crippen LogP contribution >= 0.6 is 39.0 Å².